The Labute approximate surface area is 148 Å². The Bertz CT molecular complexity index is 587. The van der Waals surface area contributed by atoms with Crippen molar-refractivity contribution in [3.8, 4) is 17.2 Å². The molecule has 0 N–H and O–H groups in total. The van der Waals surface area contributed by atoms with E-state index in [2.05, 4.69) is 65.0 Å². The third kappa shape index (κ3) is 7.20. The largest absolute Gasteiger partial charge is 0.490 e. The van der Waals surface area contributed by atoms with E-state index in [0.717, 1.165) is 0 Å². The van der Waals surface area contributed by atoms with Crippen molar-refractivity contribution >= 4 is 16.4 Å². The van der Waals surface area contributed by atoms with E-state index in [4.69, 9.17) is 9.16 Å². The Morgan fingerprint density at radius 3 is 2.04 bits per heavy atom. The molecule has 0 aliphatic heterocycles. The highest BCUT2D eigenvalue weighted by Crippen LogP contribution is 2.37. The van der Waals surface area contributed by atoms with Crippen LogP contribution in [0.3, 0.4) is 0 Å². The summed E-state index contributed by atoms with van der Waals surface area (Å²) in [7, 11) is -3.43. The topological polar surface area (TPSA) is 18.5 Å². The minimum absolute atomic E-state index is 0.113. The molecule has 0 aliphatic carbocycles. The maximum absolute atomic E-state index is 13.0. The van der Waals surface area contributed by atoms with Gasteiger partial charge < -0.3 is 9.16 Å². The summed E-state index contributed by atoms with van der Waals surface area (Å²) in [6, 6.07) is 6.05. The van der Waals surface area contributed by atoms with Crippen LogP contribution in [-0.2, 0) is 4.43 Å². The fourth-order valence-corrected chi connectivity index (χ4v) is 3.42. The van der Waals surface area contributed by atoms with Gasteiger partial charge in [0.05, 0.1) is 0 Å². The zero-order chi connectivity index (χ0) is 18.6. The second kappa shape index (κ2) is 7.86. The quantitative estimate of drug-likeness (QED) is 0.508. The number of rotatable bonds is 5. The van der Waals surface area contributed by atoms with Crippen LogP contribution in [0.5, 0.6) is 5.75 Å². The lowest BCUT2D eigenvalue weighted by Crippen LogP contribution is -2.45. The lowest BCUT2D eigenvalue weighted by Gasteiger charge is -2.38. The van der Waals surface area contributed by atoms with Gasteiger partial charge in [-0.15, -0.1) is 5.54 Å². The molecule has 24 heavy (non-hydrogen) atoms. The van der Waals surface area contributed by atoms with Gasteiger partial charge in [0, 0.05) is 0 Å². The maximum atomic E-state index is 13.0. The SMILES string of the molecule is CC(C)(C)[Si](C)(C)OC(C#C[Si](C)(C)C)COc1ccc(F)cc1. The average molecular weight is 367 g/mol. The van der Waals surface area contributed by atoms with Gasteiger partial charge in [0.25, 0.3) is 0 Å². The number of hydrogen-bond donors (Lipinski definition) is 0. The Kier molecular flexibility index (Phi) is 6.86. The molecule has 1 atom stereocenters. The zero-order valence-electron chi connectivity index (χ0n) is 16.3. The number of hydrogen-bond acceptors (Lipinski definition) is 2. The van der Waals surface area contributed by atoms with Gasteiger partial charge in [-0.05, 0) is 42.4 Å². The Morgan fingerprint density at radius 2 is 1.58 bits per heavy atom. The van der Waals surface area contributed by atoms with Gasteiger partial charge in [0.15, 0.2) is 8.32 Å². The summed E-state index contributed by atoms with van der Waals surface area (Å²) in [4.78, 5) is 0. The lowest BCUT2D eigenvalue weighted by molar-refractivity contribution is 0.156. The summed E-state index contributed by atoms with van der Waals surface area (Å²) < 4.78 is 25.2. The van der Waals surface area contributed by atoms with Crippen LogP contribution in [0, 0.1) is 17.3 Å². The molecular formula is C19H31FO2Si2. The molecule has 0 saturated carbocycles. The number of halogens is 1. The van der Waals surface area contributed by atoms with Gasteiger partial charge in [-0.25, -0.2) is 4.39 Å². The van der Waals surface area contributed by atoms with E-state index in [-0.39, 0.29) is 17.0 Å². The Hall–Kier alpha value is -1.10. The van der Waals surface area contributed by atoms with Gasteiger partial charge >= 0.3 is 0 Å². The first-order chi connectivity index (χ1) is 10.8. The van der Waals surface area contributed by atoms with Gasteiger partial charge in [0.2, 0.25) is 0 Å². The van der Waals surface area contributed by atoms with E-state index >= 15 is 0 Å². The van der Waals surface area contributed by atoms with Crippen molar-refractivity contribution in [2.24, 2.45) is 0 Å². The molecule has 2 nitrogen and oxygen atoms in total. The van der Waals surface area contributed by atoms with E-state index in [1.807, 2.05) is 0 Å². The molecule has 5 heteroatoms. The molecule has 1 aromatic rings. The molecule has 0 radical (unpaired) electrons. The van der Waals surface area contributed by atoms with E-state index in [1.54, 1.807) is 12.1 Å². The maximum Gasteiger partial charge on any atom is 0.193 e. The van der Waals surface area contributed by atoms with Crippen molar-refractivity contribution in [1.29, 1.82) is 0 Å². The standard InChI is InChI=1S/C19H31FO2Si2/c1-19(2,3)24(7,8)22-18(13-14-23(4,5)6)15-21-17-11-9-16(20)10-12-17/h9-12,18H,15H2,1-8H3. The molecular weight excluding hydrogens is 335 g/mol. The average Bonchev–Trinajstić information content (AvgIpc) is 2.41. The lowest BCUT2D eigenvalue weighted by atomic mass is 10.2. The minimum Gasteiger partial charge on any atom is -0.490 e. The van der Waals surface area contributed by atoms with Gasteiger partial charge in [-0.2, -0.15) is 0 Å². The van der Waals surface area contributed by atoms with E-state index < -0.39 is 16.4 Å². The van der Waals surface area contributed by atoms with Crippen molar-refractivity contribution in [2.45, 2.75) is 64.6 Å². The van der Waals surface area contributed by atoms with Gasteiger partial charge in [0.1, 0.15) is 32.4 Å². The molecule has 0 bridgehead atoms. The van der Waals surface area contributed by atoms with Gasteiger partial charge in [-0.3, -0.25) is 0 Å². The highest BCUT2D eigenvalue weighted by atomic mass is 28.4. The predicted molar refractivity (Wildman–Crippen MR) is 105 cm³/mol. The van der Waals surface area contributed by atoms with Crippen LogP contribution in [0.2, 0.25) is 37.8 Å². The molecule has 0 aliphatic rings. The van der Waals surface area contributed by atoms with Crippen LogP contribution in [0.25, 0.3) is 0 Å². The third-order valence-electron chi connectivity index (χ3n) is 4.07. The van der Waals surface area contributed by atoms with Crippen molar-refractivity contribution in [2.75, 3.05) is 6.61 Å². The molecule has 1 rings (SSSR count). The highest BCUT2D eigenvalue weighted by molar-refractivity contribution is 6.83. The zero-order valence-corrected chi connectivity index (χ0v) is 18.3. The summed E-state index contributed by atoms with van der Waals surface area (Å²) in [5.41, 5.74) is 3.39. The highest BCUT2D eigenvalue weighted by Gasteiger charge is 2.39. The predicted octanol–water partition coefficient (Wildman–Crippen LogP) is 5.48. The fourth-order valence-electron chi connectivity index (χ4n) is 1.64. The first kappa shape index (κ1) is 20.9. The van der Waals surface area contributed by atoms with Crippen molar-refractivity contribution in [3.05, 3.63) is 30.1 Å². The first-order valence-corrected chi connectivity index (χ1v) is 14.8. The van der Waals surface area contributed by atoms with Crippen molar-refractivity contribution < 1.29 is 13.6 Å². The summed E-state index contributed by atoms with van der Waals surface area (Å²) in [6.45, 7) is 18.1. The second-order valence-corrected chi connectivity index (χ2v) is 18.2. The van der Waals surface area contributed by atoms with Crippen molar-refractivity contribution in [1.82, 2.24) is 0 Å². The molecule has 0 aromatic heterocycles. The minimum atomic E-state index is -1.94. The molecule has 0 heterocycles. The monoisotopic (exact) mass is 366 g/mol. The molecule has 0 spiro atoms. The summed E-state index contributed by atoms with van der Waals surface area (Å²) in [6.07, 6.45) is -0.261. The third-order valence-corrected chi connectivity index (χ3v) is 9.45. The summed E-state index contributed by atoms with van der Waals surface area (Å²) in [5.74, 6) is 3.66. The number of ether oxygens (including phenoxy) is 1. The van der Waals surface area contributed by atoms with Crippen LogP contribution in [0.4, 0.5) is 4.39 Å². The fraction of sp³-hybridized carbons (Fsp3) is 0.579. The van der Waals surface area contributed by atoms with E-state index in [9.17, 15) is 4.39 Å². The van der Waals surface area contributed by atoms with Crippen molar-refractivity contribution in [3.63, 3.8) is 0 Å². The van der Waals surface area contributed by atoms with E-state index in [0.29, 0.717) is 12.4 Å². The molecule has 1 aromatic carbocycles. The van der Waals surface area contributed by atoms with Crippen LogP contribution in [0.15, 0.2) is 24.3 Å². The van der Waals surface area contributed by atoms with Crippen LogP contribution < -0.4 is 4.74 Å². The first-order valence-electron chi connectivity index (χ1n) is 8.39. The van der Waals surface area contributed by atoms with Gasteiger partial charge in [-0.1, -0.05) is 46.3 Å². The summed E-state index contributed by atoms with van der Waals surface area (Å²) >= 11 is 0. The molecule has 134 valence electrons. The van der Waals surface area contributed by atoms with Crippen LogP contribution in [0.1, 0.15) is 20.8 Å². The molecule has 0 amide bonds. The molecule has 1 unspecified atom stereocenters. The van der Waals surface area contributed by atoms with Crippen LogP contribution in [-0.4, -0.2) is 29.1 Å². The molecule has 0 fully saturated rings. The summed E-state index contributed by atoms with van der Waals surface area (Å²) in [5, 5.41) is 0.113. The number of benzene rings is 1. The normalized spacial score (nSPS) is 13.9. The van der Waals surface area contributed by atoms with E-state index in [1.165, 1.54) is 12.1 Å². The Balaban J connectivity index is 2.88. The Morgan fingerprint density at radius 1 is 1.04 bits per heavy atom. The smallest absolute Gasteiger partial charge is 0.193 e. The second-order valence-electron chi connectivity index (χ2n) is 8.65. The van der Waals surface area contributed by atoms with Crippen LogP contribution >= 0.6 is 0 Å². The molecule has 0 saturated heterocycles.